The largest absolute Gasteiger partial charge is 0.497 e. The van der Waals surface area contributed by atoms with Crippen LogP contribution in [0.25, 0.3) is 10.8 Å². The van der Waals surface area contributed by atoms with Crippen molar-refractivity contribution in [3.63, 3.8) is 0 Å². The topological polar surface area (TPSA) is 25.4 Å². The van der Waals surface area contributed by atoms with Crippen molar-refractivity contribution in [1.82, 2.24) is 4.98 Å². The molecule has 0 aliphatic rings. The molecule has 0 aliphatic heterocycles. The van der Waals surface area contributed by atoms with Crippen LogP contribution >= 0.6 is 11.6 Å². The van der Waals surface area contributed by atoms with Crippen LogP contribution in [0.5, 0.6) is 5.75 Å². The molecule has 3 nitrogen and oxygen atoms in total. The molecule has 0 saturated carbocycles. The Morgan fingerprint density at radius 3 is 2.62 bits per heavy atom. The Bertz CT molecular complexity index is 584. The molecule has 0 spiro atoms. The zero-order valence-corrected chi connectivity index (χ0v) is 13.7. The van der Waals surface area contributed by atoms with Gasteiger partial charge in [0.25, 0.3) is 0 Å². The maximum absolute atomic E-state index is 6.02. The molecule has 2 aromatic rings. The lowest BCUT2D eigenvalue weighted by atomic mass is 10.1. The molecule has 0 bridgehead atoms. The fourth-order valence-electron chi connectivity index (χ4n) is 2.77. The summed E-state index contributed by atoms with van der Waals surface area (Å²) in [4.78, 5) is 6.96. The van der Waals surface area contributed by atoms with Crippen LogP contribution < -0.4 is 9.64 Å². The fourth-order valence-corrected chi connectivity index (χ4v) is 2.95. The molecule has 0 saturated heterocycles. The van der Waals surface area contributed by atoms with Crippen LogP contribution in [-0.2, 0) is 0 Å². The van der Waals surface area contributed by atoms with E-state index in [1.165, 1.54) is 5.39 Å². The zero-order chi connectivity index (χ0) is 15.2. The second-order valence-corrected chi connectivity index (χ2v) is 5.45. The SMILES string of the molecule is CCC(CC)N(CCCl)c1nccc2ccc(OC)cc12. The first-order chi connectivity index (χ1) is 10.2. The molecule has 1 heterocycles. The molecule has 2 rings (SSSR count). The lowest BCUT2D eigenvalue weighted by Crippen LogP contribution is -2.36. The van der Waals surface area contributed by atoms with Gasteiger partial charge in [0.05, 0.1) is 7.11 Å². The maximum Gasteiger partial charge on any atom is 0.136 e. The highest BCUT2D eigenvalue weighted by molar-refractivity contribution is 6.18. The first-order valence-electron chi connectivity index (χ1n) is 7.50. The summed E-state index contributed by atoms with van der Waals surface area (Å²) < 4.78 is 5.36. The number of rotatable bonds is 7. The van der Waals surface area contributed by atoms with Crippen molar-refractivity contribution in [2.45, 2.75) is 32.7 Å². The summed E-state index contributed by atoms with van der Waals surface area (Å²) in [5, 5.41) is 2.29. The number of aromatic nitrogens is 1. The normalized spacial score (nSPS) is 11.1. The standard InChI is InChI=1S/C17H23ClN2O/c1-4-14(5-2)20(11-9-18)17-16-12-15(21-3)7-6-13(16)8-10-19-17/h6-8,10,12,14H,4-5,9,11H2,1-3H3. The predicted octanol–water partition coefficient (Wildman–Crippen LogP) is 4.48. The Labute approximate surface area is 131 Å². The van der Waals surface area contributed by atoms with Gasteiger partial charge in [0.1, 0.15) is 11.6 Å². The maximum atomic E-state index is 6.02. The zero-order valence-electron chi connectivity index (χ0n) is 13.0. The first kappa shape index (κ1) is 15.9. The summed E-state index contributed by atoms with van der Waals surface area (Å²) in [7, 11) is 1.69. The van der Waals surface area contributed by atoms with Gasteiger partial charge in [-0.2, -0.15) is 0 Å². The highest BCUT2D eigenvalue weighted by Gasteiger charge is 2.18. The predicted molar refractivity (Wildman–Crippen MR) is 90.7 cm³/mol. The van der Waals surface area contributed by atoms with Crippen LogP contribution in [0.2, 0.25) is 0 Å². The van der Waals surface area contributed by atoms with Gasteiger partial charge in [-0.3, -0.25) is 0 Å². The summed E-state index contributed by atoms with van der Waals surface area (Å²) in [6, 6.07) is 8.60. The van der Waals surface area contributed by atoms with Crippen molar-refractivity contribution in [2.75, 3.05) is 24.4 Å². The van der Waals surface area contributed by atoms with Crippen molar-refractivity contribution >= 4 is 28.2 Å². The quantitative estimate of drug-likeness (QED) is 0.705. The molecule has 0 unspecified atom stereocenters. The minimum atomic E-state index is 0.452. The van der Waals surface area contributed by atoms with Crippen molar-refractivity contribution < 1.29 is 4.74 Å². The third-order valence-electron chi connectivity index (χ3n) is 3.93. The van der Waals surface area contributed by atoms with Crippen molar-refractivity contribution in [3.05, 3.63) is 30.5 Å². The van der Waals surface area contributed by atoms with E-state index in [9.17, 15) is 0 Å². The van der Waals surface area contributed by atoms with Crippen molar-refractivity contribution in [3.8, 4) is 5.75 Å². The Morgan fingerprint density at radius 1 is 1.24 bits per heavy atom. The van der Waals surface area contributed by atoms with Gasteiger partial charge in [0.2, 0.25) is 0 Å². The highest BCUT2D eigenvalue weighted by atomic mass is 35.5. The van der Waals surface area contributed by atoms with Crippen molar-refractivity contribution in [2.24, 2.45) is 0 Å². The van der Waals surface area contributed by atoms with E-state index in [0.717, 1.165) is 36.3 Å². The van der Waals surface area contributed by atoms with E-state index in [2.05, 4.69) is 35.9 Å². The van der Waals surface area contributed by atoms with Gasteiger partial charge in [-0.1, -0.05) is 19.9 Å². The van der Waals surface area contributed by atoms with Crippen LogP contribution in [0.4, 0.5) is 5.82 Å². The van der Waals surface area contributed by atoms with E-state index >= 15 is 0 Å². The van der Waals surface area contributed by atoms with Crippen LogP contribution in [0.1, 0.15) is 26.7 Å². The molecule has 0 fully saturated rings. The molecule has 1 aromatic carbocycles. The second-order valence-electron chi connectivity index (χ2n) is 5.07. The molecule has 0 N–H and O–H groups in total. The van der Waals surface area contributed by atoms with Gasteiger partial charge in [-0.15, -0.1) is 11.6 Å². The molecule has 0 amide bonds. The average molecular weight is 307 g/mol. The first-order valence-corrected chi connectivity index (χ1v) is 8.03. The summed E-state index contributed by atoms with van der Waals surface area (Å²) in [6.45, 7) is 5.22. The number of pyridine rings is 1. The number of methoxy groups -OCH3 is 1. The van der Waals surface area contributed by atoms with Gasteiger partial charge < -0.3 is 9.64 Å². The smallest absolute Gasteiger partial charge is 0.136 e. The van der Waals surface area contributed by atoms with Crippen LogP contribution in [-0.4, -0.2) is 30.6 Å². The lowest BCUT2D eigenvalue weighted by molar-refractivity contribution is 0.415. The number of alkyl halides is 1. The third-order valence-corrected chi connectivity index (χ3v) is 4.10. The fraction of sp³-hybridized carbons (Fsp3) is 0.471. The second kappa shape index (κ2) is 7.51. The van der Waals surface area contributed by atoms with E-state index in [-0.39, 0.29) is 0 Å². The van der Waals surface area contributed by atoms with Gasteiger partial charge in [0.15, 0.2) is 0 Å². The molecule has 4 heteroatoms. The number of ether oxygens (including phenoxy) is 1. The number of hydrogen-bond acceptors (Lipinski definition) is 3. The Hall–Kier alpha value is -1.48. The number of anilines is 1. The van der Waals surface area contributed by atoms with Crippen LogP contribution in [0.15, 0.2) is 30.5 Å². The van der Waals surface area contributed by atoms with E-state index in [1.807, 2.05) is 18.3 Å². The van der Waals surface area contributed by atoms with E-state index in [1.54, 1.807) is 7.11 Å². The summed E-state index contributed by atoms with van der Waals surface area (Å²) in [5.41, 5.74) is 0. The molecule has 0 atom stereocenters. The van der Waals surface area contributed by atoms with Crippen molar-refractivity contribution in [1.29, 1.82) is 0 Å². The number of halogens is 1. The van der Waals surface area contributed by atoms with E-state index < -0.39 is 0 Å². The van der Waals surface area contributed by atoms with Gasteiger partial charge in [-0.05, 0) is 36.4 Å². The number of nitrogens with zero attached hydrogens (tertiary/aromatic N) is 2. The number of benzene rings is 1. The number of fused-ring (bicyclic) bond motifs is 1. The molecular formula is C17H23ClN2O. The highest BCUT2D eigenvalue weighted by Crippen LogP contribution is 2.30. The minimum Gasteiger partial charge on any atom is -0.497 e. The molecular weight excluding hydrogens is 284 g/mol. The number of hydrogen-bond donors (Lipinski definition) is 0. The Kier molecular flexibility index (Phi) is 5.68. The molecule has 21 heavy (non-hydrogen) atoms. The van der Waals surface area contributed by atoms with Gasteiger partial charge >= 0.3 is 0 Å². The van der Waals surface area contributed by atoms with Gasteiger partial charge in [-0.25, -0.2) is 4.98 Å². The molecule has 1 aromatic heterocycles. The summed E-state index contributed by atoms with van der Waals surface area (Å²) in [5.74, 6) is 2.45. The van der Waals surface area contributed by atoms with Crippen LogP contribution in [0, 0.1) is 0 Å². The summed E-state index contributed by atoms with van der Waals surface area (Å²) >= 11 is 6.02. The van der Waals surface area contributed by atoms with Gasteiger partial charge in [0, 0.05) is 30.0 Å². The molecule has 0 radical (unpaired) electrons. The van der Waals surface area contributed by atoms with E-state index in [4.69, 9.17) is 16.3 Å². The lowest BCUT2D eigenvalue weighted by Gasteiger charge is -2.32. The minimum absolute atomic E-state index is 0.452. The Morgan fingerprint density at radius 2 is 2.00 bits per heavy atom. The molecule has 114 valence electrons. The van der Waals surface area contributed by atoms with Crippen LogP contribution in [0.3, 0.4) is 0 Å². The molecule has 0 aliphatic carbocycles. The monoisotopic (exact) mass is 306 g/mol. The Balaban J connectivity index is 2.55. The van der Waals surface area contributed by atoms with E-state index in [0.29, 0.717) is 11.9 Å². The summed E-state index contributed by atoms with van der Waals surface area (Å²) in [6.07, 6.45) is 4.03. The average Bonchev–Trinajstić information content (AvgIpc) is 2.54. The third kappa shape index (κ3) is 3.41.